The molecule has 1 aromatic carbocycles. The maximum atomic E-state index is 12.1. The molecule has 2 rings (SSSR count). The molecule has 0 N–H and O–H groups in total. The van der Waals surface area contributed by atoms with Crippen LogP contribution >= 0.6 is 0 Å². The molecule has 116 valence electrons. The van der Waals surface area contributed by atoms with Gasteiger partial charge in [0.2, 0.25) is 0 Å². The predicted octanol–water partition coefficient (Wildman–Crippen LogP) is 3.08. The maximum absolute atomic E-state index is 12.1. The van der Waals surface area contributed by atoms with E-state index < -0.39 is 17.5 Å². The average molecular weight is 303 g/mol. The Labute approximate surface area is 128 Å². The molecule has 6 nitrogen and oxygen atoms in total. The van der Waals surface area contributed by atoms with E-state index in [1.54, 1.807) is 45.0 Å². The van der Waals surface area contributed by atoms with E-state index in [0.717, 1.165) is 6.39 Å². The van der Waals surface area contributed by atoms with Crippen molar-refractivity contribution in [3.63, 3.8) is 0 Å². The minimum atomic E-state index is -0.605. The average Bonchev–Trinajstić information content (AvgIpc) is 2.94. The van der Waals surface area contributed by atoms with Gasteiger partial charge in [-0.3, -0.25) is 0 Å². The molecule has 0 bridgehead atoms. The van der Waals surface area contributed by atoms with Crippen molar-refractivity contribution in [1.29, 1.82) is 0 Å². The van der Waals surface area contributed by atoms with Crippen LogP contribution in [0, 0.1) is 0 Å². The summed E-state index contributed by atoms with van der Waals surface area (Å²) in [6, 6.07) is 6.60. The van der Waals surface area contributed by atoms with Crippen LogP contribution in [0.4, 0.5) is 0 Å². The van der Waals surface area contributed by atoms with Crippen LogP contribution in [0.3, 0.4) is 0 Å². The fourth-order valence-corrected chi connectivity index (χ4v) is 1.82. The van der Waals surface area contributed by atoms with Gasteiger partial charge in [-0.1, -0.05) is 12.1 Å². The minimum absolute atomic E-state index is 0.0591. The first-order chi connectivity index (χ1) is 10.3. The third-order valence-corrected chi connectivity index (χ3v) is 2.71. The number of carbonyl (C=O) groups is 2. The van der Waals surface area contributed by atoms with Crippen molar-refractivity contribution in [2.24, 2.45) is 0 Å². The molecular formula is C16H17NO5. The first-order valence-electron chi connectivity index (χ1n) is 6.67. The smallest absolute Gasteiger partial charge is 0.360 e. The number of aromatic nitrogens is 1. The predicted molar refractivity (Wildman–Crippen MR) is 78.4 cm³/mol. The zero-order valence-electron chi connectivity index (χ0n) is 12.9. The molecule has 0 unspecified atom stereocenters. The van der Waals surface area contributed by atoms with E-state index in [-0.39, 0.29) is 11.5 Å². The summed E-state index contributed by atoms with van der Waals surface area (Å²) in [5.74, 6) is -0.808. The molecule has 0 atom stereocenters. The van der Waals surface area contributed by atoms with Crippen LogP contribution in [0.2, 0.25) is 0 Å². The van der Waals surface area contributed by atoms with Crippen molar-refractivity contribution < 1.29 is 23.5 Å². The summed E-state index contributed by atoms with van der Waals surface area (Å²) in [5, 5.41) is 0. The Morgan fingerprint density at radius 1 is 1.18 bits per heavy atom. The van der Waals surface area contributed by atoms with Crippen LogP contribution in [-0.2, 0) is 9.47 Å². The zero-order valence-corrected chi connectivity index (χ0v) is 12.9. The summed E-state index contributed by atoms with van der Waals surface area (Å²) in [5.41, 5.74) is 0.376. The van der Waals surface area contributed by atoms with Gasteiger partial charge in [-0.15, -0.1) is 0 Å². The number of nitrogens with zero attached hydrogens (tertiary/aromatic N) is 1. The van der Waals surface area contributed by atoms with E-state index in [9.17, 15) is 9.59 Å². The van der Waals surface area contributed by atoms with E-state index in [4.69, 9.17) is 9.15 Å². The lowest BCUT2D eigenvalue weighted by Crippen LogP contribution is -2.23. The summed E-state index contributed by atoms with van der Waals surface area (Å²) < 4.78 is 15.2. The molecule has 0 fully saturated rings. The summed E-state index contributed by atoms with van der Waals surface area (Å²) in [6.45, 7) is 5.38. The van der Waals surface area contributed by atoms with Gasteiger partial charge in [-0.2, -0.15) is 0 Å². The lowest BCUT2D eigenvalue weighted by atomic mass is 10.1. The molecular weight excluding hydrogens is 286 g/mol. The van der Waals surface area contributed by atoms with E-state index in [1.807, 2.05) is 0 Å². The largest absolute Gasteiger partial charge is 0.464 e. The summed E-state index contributed by atoms with van der Waals surface area (Å²) in [6.07, 6.45) is 1.15. The summed E-state index contributed by atoms with van der Waals surface area (Å²) in [4.78, 5) is 27.6. The van der Waals surface area contributed by atoms with E-state index in [2.05, 4.69) is 9.72 Å². The molecule has 0 spiro atoms. The second kappa shape index (κ2) is 6.01. The summed E-state index contributed by atoms with van der Waals surface area (Å²) >= 11 is 0. The van der Waals surface area contributed by atoms with Gasteiger partial charge in [-0.05, 0) is 32.9 Å². The van der Waals surface area contributed by atoms with Crippen LogP contribution in [0.15, 0.2) is 35.1 Å². The Balaban J connectivity index is 2.35. The molecule has 6 heteroatoms. The number of benzene rings is 1. The Morgan fingerprint density at radius 2 is 1.91 bits per heavy atom. The molecule has 0 amide bonds. The molecule has 0 saturated carbocycles. The van der Waals surface area contributed by atoms with E-state index in [1.165, 1.54) is 7.11 Å². The van der Waals surface area contributed by atoms with Gasteiger partial charge >= 0.3 is 11.9 Å². The third kappa shape index (κ3) is 3.52. The highest BCUT2D eigenvalue weighted by Crippen LogP contribution is 2.25. The number of hydrogen-bond acceptors (Lipinski definition) is 6. The van der Waals surface area contributed by atoms with Crippen molar-refractivity contribution >= 4 is 11.9 Å². The van der Waals surface area contributed by atoms with Crippen LogP contribution in [0.25, 0.3) is 11.3 Å². The van der Waals surface area contributed by atoms with Gasteiger partial charge < -0.3 is 13.9 Å². The number of oxazole rings is 1. The molecule has 0 radical (unpaired) electrons. The molecule has 0 aliphatic rings. The van der Waals surface area contributed by atoms with Crippen molar-refractivity contribution in [2.45, 2.75) is 26.4 Å². The number of hydrogen-bond donors (Lipinski definition) is 0. The number of ether oxygens (including phenoxy) is 2. The first kappa shape index (κ1) is 15.8. The molecule has 0 aliphatic carbocycles. The Morgan fingerprint density at radius 3 is 2.55 bits per heavy atom. The number of esters is 2. The second-order valence-corrected chi connectivity index (χ2v) is 5.60. The van der Waals surface area contributed by atoms with Gasteiger partial charge in [0, 0.05) is 5.56 Å². The fraction of sp³-hybridized carbons (Fsp3) is 0.312. The van der Waals surface area contributed by atoms with Gasteiger partial charge in [0.05, 0.1) is 12.7 Å². The summed E-state index contributed by atoms with van der Waals surface area (Å²) in [7, 11) is 1.26. The van der Waals surface area contributed by atoms with Crippen LogP contribution in [0.1, 0.15) is 41.6 Å². The highest BCUT2D eigenvalue weighted by Gasteiger charge is 2.21. The third-order valence-electron chi connectivity index (χ3n) is 2.71. The highest BCUT2D eigenvalue weighted by atomic mass is 16.6. The lowest BCUT2D eigenvalue weighted by Gasteiger charge is -2.19. The normalized spacial score (nSPS) is 11.1. The van der Waals surface area contributed by atoms with Crippen LogP contribution in [-0.4, -0.2) is 29.6 Å². The SMILES string of the molecule is COC(=O)c1ncoc1-c1cccc(C(=O)OC(C)(C)C)c1. The van der Waals surface area contributed by atoms with Crippen molar-refractivity contribution in [3.05, 3.63) is 41.9 Å². The number of methoxy groups -OCH3 is 1. The van der Waals surface area contributed by atoms with Gasteiger partial charge in [0.1, 0.15) is 5.60 Å². The monoisotopic (exact) mass is 303 g/mol. The zero-order chi connectivity index (χ0) is 16.3. The van der Waals surface area contributed by atoms with E-state index >= 15 is 0 Å². The van der Waals surface area contributed by atoms with Crippen LogP contribution < -0.4 is 0 Å². The molecule has 0 aliphatic heterocycles. The van der Waals surface area contributed by atoms with E-state index in [0.29, 0.717) is 11.1 Å². The highest BCUT2D eigenvalue weighted by molar-refractivity contribution is 5.95. The number of carbonyl (C=O) groups excluding carboxylic acids is 2. The Hall–Kier alpha value is -2.63. The Kier molecular flexibility index (Phi) is 4.30. The number of rotatable bonds is 3. The Bertz CT molecular complexity index is 697. The maximum Gasteiger partial charge on any atom is 0.360 e. The topological polar surface area (TPSA) is 78.6 Å². The van der Waals surface area contributed by atoms with Crippen molar-refractivity contribution in [1.82, 2.24) is 4.98 Å². The quantitative estimate of drug-likeness (QED) is 0.811. The molecule has 1 heterocycles. The second-order valence-electron chi connectivity index (χ2n) is 5.60. The van der Waals surface area contributed by atoms with Crippen LogP contribution in [0.5, 0.6) is 0 Å². The van der Waals surface area contributed by atoms with Gasteiger partial charge in [0.15, 0.2) is 17.8 Å². The first-order valence-corrected chi connectivity index (χ1v) is 6.67. The van der Waals surface area contributed by atoms with Gasteiger partial charge in [0.25, 0.3) is 0 Å². The van der Waals surface area contributed by atoms with Gasteiger partial charge in [-0.25, -0.2) is 14.6 Å². The molecule has 22 heavy (non-hydrogen) atoms. The molecule has 1 aromatic heterocycles. The fourth-order valence-electron chi connectivity index (χ4n) is 1.82. The standard InChI is InChI=1S/C16H17NO5/c1-16(2,3)22-14(18)11-7-5-6-10(8-11)13-12(15(19)20-4)17-9-21-13/h5-9H,1-4H3. The van der Waals surface area contributed by atoms with Crippen molar-refractivity contribution in [3.8, 4) is 11.3 Å². The minimum Gasteiger partial charge on any atom is -0.464 e. The lowest BCUT2D eigenvalue weighted by molar-refractivity contribution is 0.00694. The molecule has 2 aromatic rings. The van der Waals surface area contributed by atoms with Crippen molar-refractivity contribution in [2.75, 3.05) is 7.11 Å². The molecule has 0 saturated heterocycles.